The third kappa shape index (κ3) is 4.70. The lowest BCUT2D eigenvalue weighted by molar-refractivity contribution is 0.262. The van der Waals surface area contributed by atoms with E-state index in [0.717, 1.165) is 13.0 Å². The van der Waals surface area contributed by atoms with E-state index in [1.807, 2.05) is 0 Å². The van der Waals surface area contributed by atoms with Crippen LogP contribution in [-0.2, 0) is 0 Å². The van der Waals surface area contributed by atoms with Crippen LogP contribution in [0.5, 0.6) is 5.75 Å². The third-order valence-electron chi connectivity index (χ3n) is 3.32. The van der Waals surface area contributed by atoms with Gasteiger partial charge in [-0.15, -0.1) is 11.6 Å². The number of hydrogen-bond acceptors (Lipinski definition) is 2. The van der Waals surface area contributed by atoms with Crippen LogP contribution in [0, 0.1) is 17.7 Å². The molecule has 20 heavy (non-hydrogen) atoms. The van der Waals surface area contributed by atoms with Crippen LogP contribution in [0.2, 0.25) is 0 Å². The van der Waals surface area contributed by atoms with Gasteiger partial charge in [0.15, 0.2) is 0 Å². The molecule has 0 bridgehead atoms. The van der Waals surface area contributed by atoms with E-state index in [1.165, 1.54) is 32.0 Å². The van der Waals surface area contributed by atoms with E-state index in [9.17, 15) is 4.39 Å². The Morgan fingerprint density at radius 3 is 2.80 bits per heavy atom. The standard InChI is InChI=1S/C16H19ClFNO/c17-8-3-5-14-6-7-15(13-16(14)18)20-12-4-11-19-9-1-2-10-19/h6-7,13H,1-2,4,8-12H2. The first-order valence-corrected chi connectivity index (χ1v) is 7.52. The van der Waals surface area contributed by atoms with Gasteiger partial charge in [-0.25, -0.2) is 4.39 Å². The summed E-state index contributed by atoms with van der Waals surface area (Å²) in [5.74, 6) is 5.71. The molecule has 1 aromatic carbocycles. The van der Waals surface area contributed by atoms with Crippen molar-refractivity contribution in [2.45, 2.75) is 19.3 Å². The van der Waals surface area contributed by atoms with E-state index in [1.54, 1.807) is 12.1 Å². The summed E-state index contributed by atoms with van der Waals surface area (Å²) in [6.45, 7) is 4.07. The van der Waals surface area contributed by atoms with Gasteiger partial charge in [-0.3, -0.25) is 0 Å². The zero-order valence-corrected chi connectivity index (χ0v) is 12.3. The van der Waals surface area contributed by atoms with Crippen molar-refractivity contribution in [3.05, 3.63) is 29.6 Å². The molecule has 2 nitrogen and oxygen atoms in total. The maximum absolute atomic E-state index is 13.7. The molecule has 0 aromatic heterocycles. The van der Waals surface area contributed by atoms with Crippen molar-refractivity contribution in [3.63, 3.8) is 0 Å². The predicted octanol–water partition coefficient (Wildman–Crippen LogP) is 3.28. The first-order valence-electron chi connectivity index (χ1n) is 6.99. The molecule has 2 rings (SSSR count). The lowest BCUT2D eigenvalue weighted by Gasteiger charge is -2.14. The largest absolute Gasteiger partial charge is 0.493 e. The number of alkyl halides is 1. The van der Waals surface area contributed by atoms with Crippen LogP contribution in [0.25, 0.3) is 0 Å². The normalized spacial score (nSPS) is 14.9. The maximum atomic E-state index is 13.7. The number of benzene rings is 1. The molecular weight excluding hydrogens is 277 g/mol. The van der Waals surface area contributed by atoms with Gasteiger partial charge in [-0.05, 0) is 44.5 Å². The third-order valence-corrected chi connectivity index (χ3v) is 3.45. The molecule has 0 radical (unpaired) electrons. The molecule has 1 saturated heterocycles. The first kappa shape index (κ1) is 15.2. The SMILES string of the molecule is Fc1cc(OCCCN2CCCC2)ccc1C#CCCl. The molecule has 0 atom stereocenters. The summed E-state index contributed by atoms with van der Waals surface area (Å²) in [7, 11) is 0. The Kier molecular flexibility index (Phi) is 6.17. The Morgan fingerprint density at radius 1 is 1.30 bits per heavy atom. The molecule has 1 heterocycles. The Labute approximate surface area is 124 Å². The van der Waals surface area contributed by atoms with E-state index in [0.29, 0.717) is 17.9 Å². The molecular formula is C16H19ClFNO. The Balaban J connectivity index is 1.76. The number of rotatable bonds is 5. The van der Waals surface area contributed by atoms with Gasteiger partial charge in [0.25, 0.3) is 0 Å². The fourth-order valence-corrected chi connectivity index (χ4v) is 2.37. The molecule has 1 aliphatic heterocycles. The fraction of sp³-hybridized carbons (Fsp3) is 0.500. The highest BCUT2D eigenvalue weighted by Gasteiger charge is 2.10. The molecule has 0 spiro atoms. The molecule has 0 unspecified atom stereocenters. The van der Waals surface area contributed by atoms with Gasteiger partial charge >= 0.3 is 0 Å². The minimum atomic E-state index is -0.361. The van der Waals surface area contributed by atoms with E-state index in [-0.39, 0.29) is 11.7 Å². The monoisotopic (exact) mass is 295 g/mol. The van der Waals surface area contributed by atoms with Crippen molar-refractivity contribution < 1.29 is 9.13 Å². The van der Waals surface area contributed by atoms with Gasteiger partial charge in [0.05, 0.1) is 18.1 Å². The van der Waals surface area contributed by atoms with E-state index in [4.69, 9.17) is 16.3 Å². The van der Waals surface area contributed by atoms with E-state index in [2.05, 4.69) is 16.7 Å². The molecule has 1 fully saturated rings. The fourth-order valence-electron chi connectivity index (χ4n) is 2.30. The molecule has 0 aliphatic carbocycles. The summed E-state index contributed by atoms with van der Waals surface area (Å²) in [6.07, 6.45) is 3.57. The van der Waals surface area contributed by atoms with Crippen molar-refractivity contribution in [3.8, 4) is 17.6 Å². The molecule has 4 heteroatoms. The second-order valence-corrected chi connectivity index (χ2v) is 5.10. The van der Waals surface area contributed by atoms with Crippen LogP contribution in [0.3, 0.4) is 0 Å². The average Bonchev–Trinajstić information content (AvgIpc) is 2.96. The molecule has 108 valence electrons. The van der Waals surface area contributed by atoms with Gasteiger partial charge in [-0.1, -0.05) is 11.8 Å². The summed E-state index contributed by atoms with van der Waals surface area (Å²) in [4.78, 5) is 2.44. The second-order valence-electron chi connectivity index (χ2n) is 4.83. The van der Waals surface area contributed by atoms with E-state index >= 15 is 0 Å². The number of likely N-dealkylation sites (tertiary alicyclic amines) is 1. The minimum Gasteiger partial charge on any atom is -0.493 e. The topological polar surface area (TPSA) is 12.5 Å². The number of nitrogens with zero attached hydrogens (tertiary/aromatic N) is 1. The average molecular weight is 296 g/mol. The Hall–Kier alpha value is -1.24. The molecule has 0 amide bonds. The summed E-state index contributed by atoms with van der Waals surface area (Å²) in [6, 6.07) is 4.76. The van der Waals surface area contributed by atoms with Crippen LogP contribution in [-0.4, -0.2) is 37.0 Å². The van der Waals surface area contributed by atoms with Crippen LogP contribution >= 0.6 is 11.6 Å². The number of hydrogen-bond donors (Lipinski definition) is 0. The van der Waals surface area contributed by atoms with Gasteiger partial charge < -0.3 is 9.64 Å². The maximum Gasteiger partial charge on any atom is 0.142 e. The highest BCUT2D eigenvalue weighted by Crippen LogP contribution is 2.16. The van der Waals surface area contributed by atoms with Crippen LogP contribution < -0.4 is 4.74 Å². The summed E-state index contributed by atoms with van der Waals surface area (Å²) >= 11 is 5.45. The van der Waals surface area contributed by atoms with Crippen molar-refractivity contribution in [1.82, 2.24) is 4.90 Å². The van der Waals surface area contributed by atoms with Gasteiger partial charge in [0, 0.05) is 12.6 Å². The summed E-state index contributed by atoms with van der Waals surface area (Å²) in [5.41, 5.74) is 0.357. The van der Waals surface area contributed by atoms with Gasteiger partial charge in [0.2, 0.25) is 0 Å². The minimum absolute atomic E-state index is 0.203. The Morgan fingerprint density at radius 2 is 2.10 bits per heavy atom. The zero-order chi connectivity index (χ0) is 14.2. The van der Waals surface area contributed by atoms with Crippen LogP contribution in [0.1, 0.15) is 24.8 Å². The van der Waals surface area contributed by atoms with Gasteiger partial charge in [0.1, 0.15) is 11.6 Å². The van der Waals surface area contributed by atoms with Crippen LogP contribution in [0.15, 0.2) is 18.2 Å². The predicted molar refractivity (Wildman–Crippen MR) is 79.8 cm³/mol. The van der Waals surface area contributed by atoms with Crippen molar-refractivity contribution in [1.29, 1.82) is 0 Å². The second kappa shape index (κ2) is 8.14. The Bertz CT molecular complexity index is 489. The number of halogens is 2. The highest BCUT2D eigenvalue weighted by atomic mass is 35.5. The molecule has 1 aliphatic rings. The first-order chi connectivity index (χ1) is 9.79. The zero-order valence-electron chi connectivity index (χ0n) is 11.5. The summed E-state index contributed by atoms with van der Waals surface area (Å²) < 4.78 is 19.3. The van der Waals surface area contributed by atoms with Crippen molar-refractivity contribution in [2.24, 2.45) is 0 Å². The lowest BCUT2D eigenvalue weighted by atomic mass is 10.2. The number of ether oxygens (including phenoxy) is 1. The summed E-state index contributed by atoms with van der Waals surface area (Å²) in [5, 5.41) is 0. The van der Waals surface area contributed by atoms with Crippen LogP contribution in [0.4, 0.5) is 4.39 Å². The highest BCUT2D eigenvalue weighted by molar-refractivity contribution is 6.19. The lowest BCUT2D eigenvalue weighted by Crippen LogP contribution is -2.21. The van der Waals surface area contributed by atoms with Crippen molar-refractivity contribution in [2.75, 3.05) is 32.1 Å². The molecule has 0 saturated carbocycles. The van der Waals surface area contributed by atoms with E-state index < -0.39 is 0 Å². The molecule has 0 N–H and O–H groups in total. The van der Waals surface area contributed by atoms with Gasteiger partial charge in [-0.2, -0.15) is 0 Å². The van der Waals surface area contributed by atoms with Crippen molar-refractivity contribution >= 4 is 11.6 Å². The smallest absolute Gasteiger partial charge is 0.142 e. The quantitative estimate of drug-likeness (QED) is 0.469. The molecule has 1 aromatic rings.